The molecule has 10 rings (SSSR count). The standard InChI is InChI=1S/C44H27NS2/c1-2-11-33(12-3-1)45(34-19-16-29(17-20-34)32-15-14-28-8-4-5-10-31(28)26-32)35-21-23-39-38(27-35)43-40(46-39)24-25-41-42(43)37-22-18-30-9-6-7-13-36(30)44(37)47-41/h1-27H. The molecule has 10 aromatic rings. The molecule has 0 atom stereocenters. The van der Waals surface area contributed by atoms with Crippen molar-refractivity contribution in [2.75, 3.05) is 4.90 Å². The molecule has 0 N–H and O–H groups in total. The normalized spacial score (nSPS) is 11.8. The summed E-state index contributed by atoms with van der Waals surface area (Å²) in [4.78, 5) is 2.38. The highest BCUT2D eigenvalue weighted by Crippen LogP contribution is 2.47. The van der Waals surface area contributed by atoms with E-state index in [1.54, 1.807) is 0 Å². The van der Waals surface area contributed by atoms with Gasteiger partial charge >= 0.3 is 0 Å². The molecule has 2 heterocycles. The van der Waals surface area contributed by atoms with E-state index >= 15 is 0 Å². The Morgan fingerprint density at radius 1 is 0.340 bits per heavy atom. The molecule has 0 bridgehead atoms. The third-order valence-electron chi connectivity index (χ3n) is 9.42. The molecule has 0 saturated heterocycles. The van der Waals surface area contributed by atoms with E-state index in [9.17, 15) is 0 Å². The molecule has 0 radical (unpaired) electrons. The largest absolute Gasteiger partial charge is 0.310 e. The van der Waals surface area contributed by atoms with Crippen molar-refractivity contribution in [3.63, 3.8) is 0 Å². The molecule has 0 amide bonds. The van der Waals surface area contributed by atoms with Crippen LogP contribution in [0.15, 0.2) is 164 Å². The van der Waals surface area contributed by atoms with E-state index < -0.39 is 0 Å². The minimum absolute atomic E-state index is 1.14. The predicted octanol–water partition coefficient (Wildman–Crippen LogP) is 13.9. The molecule has 0 unspecified atom stereocenters. The average molecular weight is 634 g/mol. The summed E-state index contributed by atoms with van der Waals surface area (Å²) in [6.07, 6.45) is 0. The summed E-state index contributed by atoms with van der Waals surface area (Å²) in [6.45, 7) is 0. The van der Waals surface area contributed by atoms with Gasteiger partial charge in [-0.15, -0.1) is 22.7 Å². The number of para-hydroxylation sites is 1. The van der Waals surface area contributed by atoms with Crippen molar-refractivity contribution in [3.05, 3.63) is 164 Å². The molecule has 0 saturated carbocycles. The fourth-order valence-corrected chi connectivity index (χ4v) is 9.53. The quantitative estimate of drug-likeness (QED) is 0.186. The average Bonchev–Trinajstić information content (AvgIpc) is 3.70. The maximum absolute atomic E-state index is 2.41. The highest BCUT2D eigenvalue weighted by molar-refractivity contribution is 7.28. The number of thiophene rings is 2. The first kappa shape index (κ1) is 26.7. The second-order valence-electron chi connectivity index (χ2n) is 12.1. The molecule has 8 aromatic carbocycles. The van der Waals surface area contributed by atoms with Crippen molar-refractivity contribution in [1.82, 2.24) is 0 Å². The number of hydrogen-bond donors (Lipinski definition) is 0. The minimum atomic E-state index is 1.14. The molecule has 2 aromatic heterocycles. The molecule has 0 spiro atoms. The Morgan fingerprint density at radius 3 is 1.81 bits per heavy atom. The lowest BCUT2D eigenvalue weighted by molar-refractivity contribution is 1.29. The summed E-state index contributed by atoms with van der Waals surface area (Å²) in [5.41, 5.74) is 5.88. The first-order chi connectivity index (χ1) is 23.3. The van der Waals surface area contributed by atoms with Crippen LogP contribution in [-0.4, -0.2) is 0 Å². The third kappa shape index (κ3) is 4.28. The van der Waals surface area contributed by atoms with Crippen LogP contribution in [0, 0.1) is 0 Å². The van der Waals surface area contributed by atoms with E-state index in [2.05, 4.69) is 169 Å². The second kappa shape index (κ2) is 10.5. The highest BCUT2D eigenvalue weighted by atomic mass is 32.1. The Bertz CT molecular complexity index is 2790. The molecule has 3 heteroatoms. The first-order valence-electron chi connectivity index (χ1n) is 15.9. The fourth-order valence-electron chi connectivity index (χ4n) is 7.19. The smallest absolute Gasteiger partial charge is 0.0468 e. The van der Waals surface area contributed by atoms with Gasteiger partial charge in [0, 0.05) is 57.4 Å². The molecule has 0 aliphatic heterocycles. The number of benzene rings is 8. The van der Waals surface area contributed by atoms with Gasteiger partial charge in [0.05, 0.1) is 0 Å². The van der Waals surface area contributed by atoms with E-state index in [0.29, 0.717) is 0 Å². The van der Waals surface area contributed by atoms with E-state index in [4.69, 9.17) is 0 Å². The van der Waals surface area contributed by atoms with E-state index in [1.807, 2.05) is 22.7 Å². The number of nitrogens with zero attached hydrogens (tertiary/aromatic N) is 1. The van der Waals surface area contributed by atoms with Crippen LogP contribution >= 0.6 is 22.7 Å². The van der Waals surface area contributed by atoms with Gasteiger partial charge in [-0.05, 0) is 93.3 Å². The van der Waals surface area contributed by atoms with Gasteiger partial charge in [-0.2, -0.15) is 0 Å². The summed E-state index contributed by atoms with van der Waals surface area (Å²) < 4.78 is 5.37. The molecular formula is C44H27NS2. The Kier molecular flexibility index (Phi) is 5.98. The molecule has 0 aliphatic carbocycles. The van der Waals surface area contributed by atoms with Gasteiger partial charge in [0.15, 0.2) is 0 Å². The van der Waals surface area contributed by atoms with Gasteiger partial charge < -0.3 is 4.90 Å². The summed E-state index contributed by atoms with van der Waals surface area (Å²) in [5, 5.41) is 10.6. The number of fused-ring (bicyclic) bond motifs is 10. The van der Waals surface area contributed by atoms with Crippen LogP contribution in [0.1, 0.15) is 0 Å². The number of hydrogen-bond acceptors (Lipinski definition) is 3. The van der Waals surface area contributed by atoms with Gasteiger partial charge in [-0.25, -0.2) is 0 Å². The number of anilines is 3. The van der Waals surface area contributed by atoms with Gasteiger partial charge in [0.25, 0.3) is 0 Å². The lowest BCUT2D eigenvalue weighted by Gasteiger charge is -2.26. The maximum atomic E-state index is 2.41. The van der Waals surface area contributed by atoms with Crippen molar-refractivity contribution in [1.29, 1.82) is 0 Å². The van der Waals surface area contributed by atoms with Crippen LogP contribution in [0.4, 0.5) is 17.1 Å². The van der Waals surface area contributed by atoms with Gasteiger partial charge in [0.1, 0.15) is 0 Å². The SMILES string of the molecule is c1ccc(N(c2ccc(-c3ccc4ccccc4c3)cc2)c2ccc3sc4ccc5sc6c7ccccc7ccc6c5c4c3c2)cc1. The van der Waals surface area contributed by atoms with Crippen LogP contribution in [0.2, 0.25) is 0 Å². The highest BCUT2D eigenvalue weighted by Gasteiger charge is 2.18. The van der Waals surface area contributed by atoms with Crippen LogP contribution in [0.3, 0.4) is 0 Å². The monoisotopic (exact) mass is 633 g/mol. The Morgan fingerprint density at radius 2 is 0.957 bits per heavy atom. The Balaban J connectivity index is 1.15. The maximum Gasteiger partial charge on any atom is 0.0468 e. The molecule has 0 fully saturated rings. The lowest BCUT2D eigenvalue weighted by Crippen LogP contribution is -2.09. The van der Waals surface area contributed by atoms with E-state index in [1.165, 1.54) is 73.0 Å². The lowest BCUT2D eigenvalue weighted by atomic mass is 10.0. The molecule has 0 aliphatic rings. The van der Waals surface area contributed by atoms with Crippen LogP contribution in [0.25, 0.3) is 73.0 Å². The van der Waals surface area contributed by atoms with E-state index in [0.717, 1.165) is 17.1 Å². The van der Waals surface area contributed by atoms with Gasteiger partial charge in [-0.3, -0.25) is 0 Å². The zero-order chi connectivity index (χ0) is 30.9. The second-order valence-corrected chi connectivity index (χ2v) is 14.3. The van der Waals surface area contributed by atoms with Crippen LogP contribution in [-0.2, 0) is 0 Å². The Hall–Kier alpha value is -5.48. The van der Waals surface area contributed by atoms with Gasteiger partial charge in [0.2, 0.25) is 0 Å². The number of rotatable bonds is 4. The molecule has 47 heavy (non-hydrogen) atoms. The first-order valence-corrected chi connectivity index (χ1v) is 17.6. The van der Waals surface area contributed by atoms with Crippen molar-refractivity contribution in [2.24, 2.45) is 0 Å². The summed E-state index contributed by atoms with van der Waals surface area (Å²) >= 11 is 3.81. The minimum Gasteiger partial charge on any atom is -0.310 e. The van der Waals surface area contributed by atoms with Gasteiger partial charge in [-0.1, -0.05) is 103 Å². The fraction of sp³-hybridized carbons (Fsp3) is 0. The zero-order valence-electron chi connectivity index (χ0n) is 25.4. The summed E-state index contributed by atoms with van der Waals surface area (Å²) in [7, 11) is 0. The summed E-state index contributed by atoms with van der Waals surface area (Å²) in [5.74, 6) is 0. The zero-order valence-corrected chi connectivity index (χ0v) is 27.0. The van der Waals surface area contributed by atoms with Crippen molar-refractivity contribution < 1.29 is 0 Å². The van der Waals surface area contributed by atoms with Crippen molar-refractivity contribution in [3.8, 4) is 11.1 Å². The van der Waals surface area contributed by atoms with Crippen molar-refractivity contribution >= 4 is 102 Å². The van der Waals surface area contributed by atoms with Crippen LogP contribution < -0.4 is 4.90 Å². The van der Waals surface area contributed by atoms with Crippen molar-refractivity contribution in [2.45, 2.75) is 0 Å². The molecule has 1 nitrogen and oxygen atoms in total. The van der Waals surface area contributed by atoms with Crippen LogP contribution in [0.5, 0.6) is 0 Å². The van der Waals surface area contributed by atoms with E-state index in [-0.39, 0.29) is 0 Å². The molecular weight excluding hydrogens is 607 g/mol. The summed E-state index contributed by atoms with van der Waals surface area (Å²) in [6, 6.07) is 60.0. The molecule has 220 valence electrons. The third-order valence-corrected chi connectivity index (χ3v) is 11.8. The Labute approximate surface area is 280 Å². The topological polar surface area (TPSA) is 3.24 Å². The predicted molar refractivity (Wildman–Crippen MR) is 207 cm³/mol.